The first-order valence-electron chi connectivity index (χ1n) is 10.2. The zero-order chi connectivity index (χ0) is 19.8. The number of nitrogens with one attached hydrogen (secondary N) is 1. The minimum absolute atomic E-state index is 0.000594. The van der Waals surface area contributed by atoms with Crippen LogP contribution in [0.5, 0.6) is 0 Å². The third-order valence-electron chi connectivity index (χ3n) is 5.35. The Kier molecular flexibility index (Phi) is 5.95. The Labute approximate surface area is 169 Å². The molecule has 3 rings (SSSR count). The van der Waals surface area contributed by atoms with E-state index in [1.54, 1.807) is 10.5 Å². The van der Waals surface area contributed by atoms with Gasteiger partial charge in [0.25, 0.3) is 0 Å². The van der Waals surface area contributed by atoms with Gasteiger partial charge < -0.3 is 10.2 Å². The summed E-state index contributed by atoms with van der Waals surface area (Å²) in [6.07, 6.45) is 4.28. The molecule has 0 radical (unpaired) electrons. The minimum Gasteiger partial charge on any atom is -0.367 e. The van der Waals surface area contributed by atoms with E-state index in [1.807, 2.05) is 0 Å². The highest BCUT2D eigenvalue weighted by Gasteiger charge is 2.26. The minimum atomic E-state index is -0.000594. The lowest BCUT2D eigenvalue weighted by molar-refractivity contribution is -0.117. The van der Waals surface area contributed by atoms with Crippen LogP contribution in [0.4, 0.5) is 11.4 Å². The zero-order valence-corrected chi connectivity index (χ0v) is 18.6. The van der Waals surface area contributed by atoms with Crippen LogP contribution in [0.3, 0.4) is 0 Å². The molecule has 3 nitrogen and oxygen atoms in total. The van der Waals surface area contributed by atoms with Crippen LogP contribution in [0.2, 0.25) is 0 Å². The molecule has 1 N–H and O–H groups in total. The van der Waals surface area contributed by atoms with E-state index in [1.165, 1.54) is 24.9 Å². The van der Waals surface area contributed by atoms with Gasteiger partial charge >= 0.3 is 0 Å². The Morgan fingerprint density at radius 2 is 1.93 bits per heavy atom. The number of nitrogens with zero attached hydrogens (tertiary/aromatic N) is 1. The third kappa shape index (κ3) is 5.10. The number of benzene rings is 1. The number of thioether (sulfide) groups is 1. The van der Waals surface area contributed by atoms with Crippen LogP contribution in [-0.4, -0.2) is 24.2 Å². The predicted octanol–water partition coefficient (Wildman–Crippen LogP) is 6.06. The summed E-state index contributed by atoms with van der Waals surface area (Å²) in [4.78, 5) is 16.5. The first-order valence-corrected chi connectivity index (χ1v) is 11.0. The van der Waals surface area contributed by atoms with Gasteiger partial charge in [0, 0.05) is 41.0 Å². The van der Waals surface area contributed by atoms with E-state index in [0.717, 1.165) is 35.2 Å². The number of hydrogen-bond acceptors (Lipinski definition) is 3. The molecule has 1 unspecified atom stereocenters. The average molecular weight is 387 g/mol. The van der Waals surface area contributed by atoms with E-state index in [9.17, 15) is 4.79 Å². The standard InChI is InChI=1S/C23H34N2OS/c1-15-10-19(11-16(2)22(15)24-21(26)13-23(4,5)6)25-9-7-8-18-12-17(3)27-20(18)14-25/h10-11,17H,7-9,12-14H2,1-6H3,(H,24,26). The fourth-order valence-electron chi connectivity index (χ4n) is 4.16. The van der Waals surface area contributed by atoms with E-state index in [-0.39, 0.29) is 11.3 Å². The molecule has 2 heterocycles. The molecule has 2 aliphatic heterocycles. The molecule has 2 aliphatic rings. The molecule has 148 valence electrons. The van der Waals surface area contributed by atoms with Crippen LogP contribution in [0, 0.1) is 19.3 Å². The van der Waals surface area contributed by atoms with Crippen molar-refractivity contribution in [2.45, 2.75) is 72.5 Å². The van der Waals surface area contributed by atoms with Crippen molar-refractivity contribution in [3.63, 3.8) is 0 Å². The van der Waals surface area contributed by atoms with E-state index in [2.05, 4.69) is 75.7 Å². The quantitative estimate of drug-likeness (QED) is 0.685. The summed E-state index contributed by atoms with van der Waals surface area (Å²) in [5.41, 5.74) is 6.25. The van der Waals surface area contributed by atoms with Crippen LogP contribution in [0.1, 0.15) is 64.5 Å². The highest BCUT2D eigenvalue weighted by Crippen LogP contribution is 2.42. The van der Waals surface area contributed by atoms with E-state index < -0.39 is 0 Å². The predicted molar refractivity (Wildman–Crippen MR) is 119 cm³/mol. The average Bonchev–Trinajstić information content (AvgIpc) is 2.76. The zero-order valence-electron chi connectivity index (χ0n) is 17.7. The van der Waals surface area contributed by atoms with Crippen molar-refractivity contribution >= 4 is 29.0 Å². The monoisotopic (exact) mass is 386 g/mol. The molecule has 1 aromatic carbocycles. The van der Waals surface area contributed by atoms with Gasteiger partial charge in [0.15, 0.2) is 0 Å². The number of anilines is 2. The molecule has 4 heteroatoms. The summed E-state index contributed by atoms with van der Waals surface area (Å²) < 4.78 is 0. The fraction of sp³-hybridized carbons (Fsp3) is 0.609. The number of rotatable bonds is 3. The molecule has 1 amide bonds. The fourth-order valence-corrected chi connectivity index (χ4v) is 5.51. The highest BCUT2D eigenvalue weighted by atomic mass is 32.2. The molecule has 0 aliphatic carbocycles. The molecule has 27 heavy (non-hydrogen) atoms. The summed E-state index contributed by atoms with van der Waals surface area (Å²) in [5, 5.41) is 3.88. The summed E-state index contributed by atoms with van der Waals surface area (Å²) >= 11 is 2.07. The normalized spacial score (nSPS) is 20.5. The van der Waals surface area contributed by atoms with Gasteiger partial charge in [-0.3, -0.25) is 4.79 Å². The van der Waals surface area contributed by atoms with E-state index in [0.29, 0.717) is 6.42 Å². The molecule has 0 aromatic heterocycles. The maximum absolute atomic E-state index is 12.4. The van der Waals surface area contributed by atoms with Crippen molar-refractivity contribution in [3.05, 3.63) is 33.7 Å². The Morgan fingerprint density at radius 1 is 1.26 bits per heavy atom. The van der Waals surface area contributed by atoms with Crippen molar-refractivity contribution < 1.29 is 4.79 Å². The molecular weight excluding hydrogens is 352 g/mol. The van der Waals surface area contributed by atoms with Crippen LogP contribution in [0.15, 0.2) is 22.6 Å². The number of carbonyl (C=O) groups is 1. The van der Waals surface area contributed by atoms with Gasteiger partial charge in [-0.1, -0.05) is 33.3 Å². The van der Waals surface area contributed by atoms with Crippen molar-refractivity contribution in [2.75, 3.05) is 23.3 Å². The largest absolute Gasteiger partial charge is 0.367 e. The molecule has 1 atom stereocenters. The maximum Gasteiger partial charge on any atom is 0.224 e. The van der Waals surface area contributed by atoms with Crippen LogP contribution in [0.25, 0.3) is 0 Å². The first-order chi connectivity index (χ1) is 12.6. The number of carbonyl (C=O) groups excluding carboxylic acids is 1. The number of aryl methyl sites for hydroxylation is 2. The number of hydrogen-bond donors (Lipinski definition) is 1. The SMILES string of the molecule is Cc1cc(N2CCCC3=C(C2)SC(C)C3)cc(C)c1NC(=O)CC(C)(C)C. The van der Waals surface area contributed by atoms with Crippen molar-refractivity contribution in [3.8, 4) is 0 Å². The highest BCUT2D eigenvalue weighted by molar-refractivity contribution is 8.04. The molecular formula is C23H34N2OS. The van der Waals surface area contributed by atoms with Crippen LogP contribution in [-0.2, 0) is 4.79 Å². The molecule has 0 saturated heterocycles. The molecule has 0 bridgehead atoms. The van der Waals surface area contributed by atoms with Crippen molar-refractivity contribution in [2.24, 2.45) is 5.41 Å². The smallest absolute Gasteiger partial charge is 0.224 e. The Morgan fingerprint density at radius 3 is 2.56 bits per heavy atom. The first kappa shape index (κ1) is 20.3. The van der Waals surface area contributed by atoms with Gasteiger partial charge in [0.05, 0.1) is 0 Å². The van der Waals surface area contributed by atoms with Crippen LogP contribution >= 0.6 is 11.8 Å². The molecule has 0 fully saturated rings. The van der Waals surface area contributed by atoms with Gasteiger partial charge in [0.2, 0.25) is 5.91 Å². The lowest BCUT2D eigenvalue weighted by Crippen LogP contribution is -2.25. The second-order valence-electron chi connectivity index (χ2n) is 9.42. The van der Waals surface area contributed by atoms with Crippen molar-refractivity contribution in [1.29, 1.82) is 0 Å². The van der Waals surface area contributed by atoms with Gasteiger partial charge in [-0.05, 0) is 61.8 Å². The Bertz CT molecular complexity index is 737. The van der Waals surface area contributed by atoms with Crippen molar-refractivity contribution in [1.82, 2.24) is 0 Å². The summed E-state index contributed by atoms with van der Waals surface area (Å²) in [5.74, 6) is 0.0994. The lowest BCUT2D eigenvalue weighted by atomic mass is 9.92. The third-order valence-corrected chi connectivity index (χ3v) is 6.62. The topological polar surface area (TPSA) is 32.3 Å². The van der Waals surface area contributed by atoms with E-state index in [4.69, 9.17) is 0 Å². The summed E-state index contributed by atoms with van der Waals surface area (Å²) in [7, 11) is 0. The summed E-state index contributed by atoms with van der Waals surface area (Å²) in [6.45, 7) is 15.0. The second-order valence-corrected chi connectivity index (χ2v) is 11.0. The molecule has 1 aromatic rings. The second kappa shape index (κ2) is 7.90. The number of allylic oxidation sites excluding steroid dienone is 1. The molecule has 0 spiro atoms. The lowest BCUT2D eigenvalue weighted by Gasteiger charge is -2.26. The van der Waals surface area contributed by atoms with Gasteiger partial charge in [-0.2, -0.15) is 0 Å². The summed E-state index contributed by atoms with van der Waals surface area (Å²) in [6, 6.07) is 4.49. The number of amides is 1. The van der Waals surface area contributed by atoms with Gasteiger partial charge in [0.1, 0.15) is 0 Å². The Balaban J connectivity index is 1.77. The van der Waals surface area contributed by atoms with E-state index >= 15 is 0 Å². The van der Waals surface area contributed by atoms with Crippen LogP contribution < -0.4 is 10.2 Å². The van der Waals surface area contributed by atoms with Gasteiger partial charge in [-0.15, -0.1) is 11.8 Å². The maximum atomic E-state index is 12.4. The van der Waals surface area contributed by atoms with Gasteiger partial charge in [-0.25, -0.2) is 0 Å². The Hall–Kier alpha value is -1.42. The molecule has 0 saturated carbocycles.